The molecule has 0 aliphatic carbocycles. The van der Waals surface area contributed by atoms with Gasteiger partial charge in [-0.2, -0.15) is 0 Å². The summed E-state index contributed by atoms with van der Waals surface area (Å²) in [7, 11) is 1.23. The molecule has 1 saturated heterocycles. The van der Waals surface area contributed by atoms with Crippen molar-refractivity contribution in [3.05, 3.63) is 54.1 Å². The number of nitrogens with two attached hydrogens (primary N) is 1. The molecule has 2 aromatic carbocycles. The Morgan fingerprint density at radius 3 is 2.14 bits per heavy atom. The molecule has 0 spiro atoms. The molecule has 2 atom stereocenters. The van der Waals surface area contributed by atoms with Crippen LogP contribution in [-0.2, 0) is 14.3 Å². The van der Waals surface area contributed by atoms with E-state index in [1.54, 1.807) is 48.5 Å². The predicted octanol–water partition coefficient (Wildman–Crippen LogP) is 2.83. The summed E-state index contributed by atoms with van der Waals surface area (Å²) in [5, 5.41) is 8.19. The smallest absolute Gasteiger partial charge is 0.407 e. The van der Waals surface area contributed by atoms with Crippen LogP contribution in [0.5, 0.6) is 0 Å². The molecule has 0 unspecified atom stereocenters. The van der Waals surface area contributed by atoms with Crippen LogP contribution in [0.4, 0.5) is 21.9 Å². The first kappa shape index (κ1) is 25.5. The normalized spacial score (nSPS) is 15.9. The van der Waals surface area contributed by atoms with Crippen LogP contribution in [-0.4, -0.2) is 54.5 Å². The number of likely N-dealkylation sites (tertiary alicyclic amines) is 1. The van der Waals surface area contributed by atoms with E-state index in [1.807, 2.05) is 13.8 Å². The van der Waals surface area contributed by atoms with Gasteiger partial charge in [-0.1, -0.05) is 13.8 Å². The summed E-state index contributed by atoms with van der Waals surface area (Å²) in [5.74, 6) is -1.08. The summed E-state index contributed by atoms with van der Waals surface area (Å²) in [6.07, 6.45) is 0.514. The molecule has 3 rings (SSSR count). The molecule has 1 heterocycles. The van der Waals surface area contributed by atoms with Crippen LogP contribution in [0, 0.1) is 5.92 Å². The standard InChI is InChI=1S/C25H31N5O5/c1-15(2)21(29-25(34)35-3)24(33)30-14-4-5-20(30)23(32)28-19-12-10-18(11-13-19)27-22(31)16-6-8-17(26)9-7-16/h6-13,15,20-21H,4-5,14,26H2,1-3H3,(H,27,31)(H,28,32)(H,29,34)/t20-,21-/m0/s1. The number of carbonyl (C=O) groups excluding carboxylic acids is 4. The van der Waals surface area contributed by atoms with Crippen molar-refractivity contribution in [2.75, 3.05) is 30.0 Å². The van der Waals surface area contributed by atoms with Crippen molar-refractivity contribution in [3.63, 3.8) is 0 Å². The Hall–Kier alpha value is -4.08. The lowest BCUT2D eigenvalue weighted by atomic mass is 10.0. The van der Waals surface area contributed by atoms with E-state index in [0.717, 1.165) is 0 Å². The first-order chi connectivity index (χ1) is 16.7. The molecule has 186 valence electrons. The fraction of sp³-hybridized carbons (Fsp3) is 0.360. The highest BCUT2D eigenvalue weighted by Gasteiger charge is 2.38. The summed E-state index contributed by atoms with van der Waals surface area (Å²) in [4.78, 5) is 51.6. The minimum atomic E-state index is -0.792. The zero-order chi connectivity index (χ0) is 25.5. The second kappa shape index (κ2) is 11.4. The predicted molar refractivity (Wildman–Crippen MR) is 133 cm³/mol. The van der Waals surface area contributed by atoms with Gasteiger partial charge in [0.1, 0.15) is 12.1 Å². The maximum atomic E-state index is 13.1. The molecule has 2 aromatic rings. The minimum absolute atomic E-state index is 0.179. The fourth-order valence-electron chi connectivity index (χ4n) is 3.88. The molecule has 1 aliphatic heterocycles. The molecule has 10 nitrogen and oxygen atoms in total. The number of hydrogen-bond acceptors (Lipinski definition) is 6. The topological polar surface area (TPSA) is 143 Å². The molecule has 0 aromatic heterocycles. The van der Waals surface area contributed by atoms with Crippen LogP contribution in [0.1, 0.15) is 37.0 Å². The first-order valence-corrected chi connectivity index (χ1v) is 11.4. The molecular weight excluding hydrogens is 450 g/mol. The third-order valence-corrected chi connectivity index (χ3v) is 5.81. The average molecular weight is 482 g/mol. The van der Waals surface area contributed by atoms with Crippen LogP contribution >= 0.6 is 0 Å². The van der Waals surface area contributed by atoms with Gasteiger partial charge < -0.3 is 31.3 Å². The number of nitrogen functional groups attached to an aromatic ring is 1. The average Bonchev–Trinajstić information content (AvgIpc) is 3.33. The summed E-state index contributed by atoms with van der Waals surface area (Å²) in [6.45, 7) is 4.06. The van der Waals surface area contributed by atoms with E-state index < -0.39 is 18.2 Å². The quantitative estimate of drug-likeness (QED) is 0.448. The van der Waals surface area contributed by atoms with Crippen LogP contribution in [0.15, 0.2) is 48.5 Å². The van der Waals surface area contributed by atoms with Gasteiger partial charge in [-0.05, 0) is 67.3 Å². The maximum Gasteiger partial charge on any atom is 0.407 e. The van der Waals surface area contributed by atoms with E-state index in [4.69, 9.17) is 5.73 Å². The zero-order valence-corrected chi connectivity index (χ0v) is 20.0. The number of hydrogen-bond donors (Lipinski definition) is 4. The van der Waals surface area contributed by atoms with Crippen molar-refractivity contribution in [1.29, 1.82) is 0 Å². The Morgan fingerprint density at radius 1 is 0.971 bits per heavy atom. The Labute approximate surface area is 204 Å². The van der Waals surface area contributed by atoms with Gasteiger partial charge in [-0.25, -0.2) is 4.79 Å². The summed E-state index contributed by atoms with van der Waals surface area (Å²) >= 11 is 0. The number of nitrogens with zero attached hydrogens (tertiary/aromatic N) is 1. The number of rotatable bonds is 7. The summed E-state index contributed by atoms with van der Waals surface area (Å²) < 4.78 is 4.63. The van der Waals surface area contributed by atoms with Gasteiger partial charge in [0.15, 0.2) is 0 Å². The van der Waals surface area contributed by atoms with Gasteiger partial charge in [-0.15, -0.1) is 0 Å². The Kier molecular flexibility index (Phi) is 8.30. The molecule has 0 saturated carbocycles. The van der Waals surface area contributed by atoms with E-state index in [1.165, 1.54) is 12.0 Å². The number of amides is 4. The Balaban J connectivity index is 1.62. The molecule has 0 radical (unpaired) electrons. The highest BCUT2D eigenvalue weighted by atomic mass is 16.5. The highest BCUT2D eigenvalue weighted by molar-refractivity contribution is 6.04. The zero-order valence-electron chi connectivity index (χ0n) is 20.0. The monoisotopic (exact) mass is 481 g/mol. The van der Waals surface area contributed by atoms with Gasteiger partial charge in [0.25, 0.3) is 5.91 Å². The molecule has 1 aliphatic rings. The second-order valence-corrected chi connectivity index (χ2v) is 8.69. The van der Waals surface area contributed by atoms with Gasteiger partial charge in [0.05, 0.1) is 7.11 Å². The summed E-state index contributed by atoms with van der Waals surface area (Å²) in [5.41, 5.74) is 7.80. The van der Waals surface area contributed by atoms with E-state index >= 15 is 0 Å². The molecule has 1 fully saturated rings. The lowest BCUT2D eigenvalue weighted by molar-refractivity contribution is -0.139. The third kappa shape index (κ3) is 6.50. The second-order valence-electron chi connectivity index (χ2n) is 8.69. The van der Waals surface area contributed by atoms with Crippen molar-refractivity contribution in [2.24, 2.45) is 5.92 Å². The van der Waals surface area contributed by atoms with Crippen molar-refractivity contribution in [3.8, 4) is 0 Å². The lowest BCUT2D eigenvalue weighted by Gasteiger charge is -2.30. The third-order valence-electron chi connectivity index (χ3n) is 5.81. The van der Waals surface area contributed by atoms with E-state index in [0.29, 0.717) is 42.0 Å². The number of anilines is 3. The molecule has 10 heteroatoms. The van der Waals surface area contributed by atoms with Crippen LogP contribution < -0.4 is 21.7 Å². The van der Waals surface area contributed by atoms with Crippen LogP contribution in [0.25, 0.3) is 0 Å². The maximum absolute atomic E-state index is 13.1. The Morgan fingerprint density at radius 2 is 1.57 bits per heavy atom. The molecule has 35 heavy (non-hydrogen) atoms. The number of methoxy groups -OCH3 is 1. The number of ether oxygens (including phenoxy) is 1. The molecule has 0 bridgehead atoms. The van der Waals surface area contributed by atoms with E-state index in [2.05, 4.69) is 20.7 Å². The van der Waals surface area contributed by atoms with E-state index in [-0.39, 0.29) is 23.6 Å². The van der Waals surface area contributed by atoms with Crippen LogP contribution in [0.2, 0.25) is 0 Å². The largest absolute Gasteiger partial charge is 0.453 e. The SMILES string of the molecule is COC(=O)N[C@H](C(=O)N1CCC[C@H]1C(=O)Nc1ccc(NC(=O)c2ccc(N)cc2)cc1)C(C)C. The minimum Gasteiger partial charge on any atom is -0.453 e. The molecule has 4 amide bonds. The summed E-state index contributed by atoms with van der Waals surface area (Å²) in [6, 6.07) is 11.8. The number of alkyl carbamates (subject to hydrolysis) is 1. The fourth-order valence-corrected chi connectivity index (χ4v) is 3.88. The highest BCUT2D eigenvalue weighted by Crippen LogP contribution is 2.23. The lowest BCUT2D eigenvalue weighted by Crippen LogP contribution is -2.54. The number of carbonyl (C=O) groups is 4. The van der Waals surface area contributed by atoms with Gasteiger partial charge in [-0.3, -0.25) is 14.4 Å². The number of nitrogens with one attached hydrogen (secondary N) is 3. The first-order valence-electron chi connectivity index (χ1n) is 11.4. The molecule has 5 N–H and O–H groups in total. The van der Waals surface area contributed by atoms with Gasteiger partial charge in [0.2, 0.25) is 11.8 Å². The van der Waals surface area contributed by atoms with Crippen molar-refractivity contribution < 1.29 is 23.9 Å². The Bertz CT molecular complexity index is 1070. The van der Waals surface area contributed by atoms with Crippen molar-refractivity contribution >= 4 is 40.9 Å². The van der Waals surface area contributed by atoms with Gasteiger partial charge in [0, 0.05) is 29.2 Å². The number of benzene rings is 2. The van der Waals surface area contributed by atoms with Crippen molar-refractivity contribution in [2.45, 2.75) is 38.8 Å². The van der Waals surface area contributed by atoms with E-state index in [9.17, 15) is 19.2 Å². The van der Waals surface area contributed by atoms with Crippen molar-refractivity contribution in [1.82, 2.24) is 10.2 Å². The van der Waals surface area contributed by atoms with Gasteiger partial charge >= 0.3 is 6.09 Å². The van der Waals surface area contributed by atoms with Crippen LogP contribution in [0.3, 0.4) is 0 Å². The molecular formula is C25H31N5O5.